The lowest BCUT2D eigenvalue weighted by Gasteiger charge is -2.27. The molecule has 0 spiro atoms. The third kappa shape index (κ3) is 7.69. The summed E-state index contributed by atoms with van der Waals surface area (Å²) >= 11 is 0. The van der Waals surface area contributed by atoms with Gasteiger partial charge in [-0.25, -0.2) is 0 Å². The summed E-state index contributed by atoms with van der Waals surface area (Å²) < 4.78 is 183. The third-order valence-corrected chi connectivity index (χ3v) is 2.93. The molecule has 0 aromatic carbocycles. The lowest BCUT2D eigenvalue weighted by molar-refractivity contribution is -0.424. The Hall–Kier alpha value is -1.78. The summed E-state index contributed by atoms with van der Waals surface area (Å²) in [5, 5.41) is 0. The van der Waals surface area contributed by atoms with E-state index in [4.69, 9.17) is 0 Å². The molecule has 0 amide bonds. The van der Waals surface area contributed by atoms with E-state index in [1.807, 2.05) is 0 Å². The Morgan fingerprint density at radius 2 is 0.774 bits per heavy atom. The monoisotopic (exact) mass is 494 g/mol. The van der Waals surface area contributed by atoms with Crippen molar-refractivity contribution in [3.8, 4) is 0 Å². The van der Waals surface area contributed by atoms with Crippen molar-refractivity contribution in [2.24, 2.45) is 0 Å². The van der Waals surface area contributed by atoms with Crippen LogP contribution < -0.4 is 0 Å². The number of hydrogen-bond donors (Lipinski definition) is 0. The largest absolute Gasteiger partial charge is 0.473 e. The molecule has 0 aromatic heterocycles. The lowest BCUT2D eigenvalue weighted by atomic mass is 10.3. The van der Waals surface area contributed by atoms with Crippen LogP contribution in [-0.4, -0.2) is 49.6 Å². The molecule has 0 rings (SSSR count). The van der Waals surface area contributed by atoms with E-state index in [9.17, 15) is 61.5 Å². The highest BCUT2D eigenvalue weighted by Gasteiger charge is 2.75. The first kappa shape index (κ1) is 29.2. The fraction of sp³-hybridized carbons (Fsp3) is 0.714. The first-order valence-corrected chi connectivity index (χ1v) is 7.59. The number of alkyl halides is 14. The van der Waals surface area contributed by atoms with Crippen molar-refractivity contribution in [1.29, 1.82) is 0 Å². The zero-order valence-electron chi connectivity index (χ0n) is 14.7. The van der Waals surface area contributed by atoms with Crippen LogP contribution in [0.3, 0.4) is 0 Å². The maximum Gasteiger partial charge on any atom is 0.462 e. The first-order chi connectivity index (χ1) is 13.7. The van der Waals surface area contributed by atoms with Crippen molar-refractivity contribution in [2.45, 2.75) is 49.3 Å². The Morgan fingerprint density at radius 1 is 0.484 bits per heavy atom. The molecule has 0 saturated heterocycles. The molecule has 0 fully saturated rings. The molecule has 0 aromatic rings. The van der Waals surface area contributed by atoms with Gasteiger partial charge in [0.05, 0.1) is 25.7 Å². The van der Waals surface area contributed by atoms with Crippen LogP contribution in [0.25, 0.3) is 0 Å². The highest BCUT2D eigenvalue weighted by molar-refractivity contribution is 4.87. The van der Waals surface area contributed by atoms with Gasteiger partial charge in [0.2, 0.25) is 0 Å². The normalized spacial score (nSPS) is 15.3. The fourth-order valence-electron chi connectivity index (χ4n) is 1.31. The Labute approximate surface area is 164 Å². The lowest BCUT2D eigenvalue weighted by Crippen LogP contribution is -2.53. The summed E-state index contributed by atoms with van der Waals surface area (Å²) in [6.45, 7) is -2.59. The van der Waals surface area contributed by atoms with Gasteiger partial charge in [-0.1, -0.05) is 0 Å². The molecule has 0 aliphatic heterocycles. The average molecular weight is 494 g/mol. The fourth-order valence-corrected chi connectivity index (χ4v) is 1.31. The van der Waals surface area contributed by atoms with Crippen molar-refractivity contribution >= 4 is 0 Å². The molecule has 0 aliphatic rings. The van der Waals surface area contributed by atoms with Crippen molar-refractivity contribution < 1.29 is 75.7 Å². The topological polar surface area (TPSA) is 27.7 Å². The van der Waals surface area contributed by atoms with Gasteiger partial charge in [-0.2, -0.15) is 61.5 Å². The van der Waals surface area contributed by atoms with Crippen LogP contribution in [0, 0.1) is 0 Å². The molecule has 0 N–H and O–H groups in total. The van der Waals surface area contributed by atoms with E-state index in [2.05, 4.69) is 14.2 Å². The van der Waals surface area contributed by atoms with Crippen molar-refractivity contribution in [3.63, 3.8) is 0 Å². The molecule has 3 nitrogen and oxygen atoms in total. The van der Waals surface area contributed by atoms with Crippen LogP contribution in [0.4, 0.5) is 61.5 Å². The number of hydrogen-bond acceptors (Lipinski definition) is 3. The van der Waals surface area contributed by atoms with E-state index >= 15 is 0 Å². The summed E-state index contributed by atoms with van der Waals surface area (Å²) in [5.74, 6) is -12.9. The highest BCUT2D eigenvalue weighted by atomic mass is 19.4. The first-order valence-electron chi connectivity index (χ1n) is 7.59. The standard InChI is InChI=1S/C14H12F14O3/c15-9(16,11(19,20)21)13(25,26)30-7-3-1-5-29-6-2-4-8-31-14(27,28)10(17,18)12(22,23)24/h1-2,5-6H,3-4,7-8H2. The number of rotatable bonds is 12. The van der Waals surface area contributed by atoms with Crippen LogP contribution in [0.2, 0.25) is 0 Å². The molecule has 0 saturated carbocycles. The van der Waals surface area contributed by atoms with E-state index in [0.29, 0.717) is 12.5 Å². The molecule has 0 heterocycles. The van der Waals surface area contributed by atoms with Crippen molar-refractivity contribution in [1.82, 2.24) is 0 Å². The zero-order chi connectivity index (χ0) is 24.8. The van der Waals surface area contributed by atoms with Crippen LogP contribution in [0.1, 0.15) is 12.8 Å². The van der Waals surface area contributed by atoms with Crippen molar-refractivity contribution in [2.75, 3.05) is 13.2 Å². The smallest absolute Gasteiger partial charge is 0.462 e. The molecule has 184 valence electrons. The minimum absolute atomic E-state index is 0.640. The third-order valence-electron chi connectivity index (χ3n) is 2.93. The second kappa shape index (κ2) is 10.2. The van der Waals surface area contributed by atoms with E-state index in [0.717, 1.165) is 12.2 Å². The molecule has 0 atom stereocenters. The SMILES string of the molecule is FC(F)(F)C(F)(F)C(F)(F)OCCC=COC=CCCOC(F)(F)C(F)(F)C(F)(F)F. The van der Waals surface area contributed by atoms with Gasteiger partial charge in [-0.15, -0.1) is 0 Å². The predicted octanol–water partition coefficient (Wildman–Crippen LogP) is 6.42. The van der Waals surface area contributed by atoms with Gasteiger partial charge in [0.25, 0.3) is 0 Å². The molecule has 0 unspecified atom stereocenters. The molecule has 17 heteroatoms. The molecule has 0 aliphatic carbocycles. The summed E-state index contributed by atoms with van der Waals surface area (Å²) in [7, 11) is 0. The molecule has 0 radical (unpaired) electrons. The Bertz CT molecular complexity index is 554. The van der Waals surface area contributed by atoms with Gasteiger partial charge in [0.15, 0.2) is 0 Å². The summed E-state index contributed by atoms with van der Waals surface area (Å²) in [6.07, 6.45) is -23.1. The number of halogens is 14. The predicted molar refractivity (Wildman–Crippen MR) is 72.4 cm³/mol. The van der Waals surface area contributed by atoms with Crippen LogP contribution in [0.15, 0.2) is 24.7 Å². The van der Waals surface area contributed by atoms with Crippen LogP contribution in [0.5, 0.6) is 0 Å². The summed E-state index contributed by atoms with van der Waals surface area (Å²) in [6, 6.07) is 0. The van der Waals surface area contributed by atoms with Crippen LogP contribution in [-0.2, 0) is 14.2 Å². The Balaban J connectivity index is 4.25. The molecule has 31 heavy (non-hydrogen) atoms. The second-order valence-electron chi connectivity index (χ2n) is 5.33. The minimum atomic E-state index is -6.56. The van der Waals surface area contributed by atoms with Gasteiger partial charge in [-0.3, -0.25) is 0 Å². The Morgan fingerprint density at radius 3 is 1.03 bits per heavy atom. The zero-order valence-corrected chi connectivity index (χ0v) is 14.7. The highest BCUT2D eigenvalue weighted by Crippen LogP contribution is 2.48. The van der Waals surface area contributed by atoms with Crippen molar-refractivity contribution in [3.05, 3.63) is 24.7 Å². The summed E-state index contributed by atoms with van der Waals surface area (Å²) in [4.78, 5) is 0. The van der Waals surface area contributed by atoms with E-state index in [1.165, 1.54) is 0 Å². The van der Waals surface area contributed by atoms with E-state index in [-0.39, 0.29) is 0 Å². The van der Waals surface area contributed by atoms with Crippen LogP contribution >= 0.6 is 0 Å². The summed E-state index contributed by atoms with van der Waals surface area (Å²) in [5.41, 5.74) is 0. The van der Waals surface area contributed by atoms with Gasteiger partial charge in [0.1, 0.15) is 0 Å². The van der Waals surface area contributed by atoms with E-state index < -0.39 is 62.5 Å². The number of ether oxygens (including phenoxy) is 3. The second-order valence-corrected chi connectivity index (χ2v) is 5.33. The quantitative estimate of drug-likeness (QED) is 0.178. The van der Waals surface area contributed by atoms with Gasteiger partial charge in [0, 0.05) is 0 Å². The van der Waals surface area contributed by atoms with Gasteiger partial charge >= 0.3 is 36.4 Å². The molecular formula is C14H12F14O3. The van der Waals surface area contributed by atoms with E-state index in [1.54, 1.807) is 0 Å². The van der Waals surface area contributed by atoms with Gasteiger partial charge < -0.3 is 14.2 Å². The minimum Gasteiger partial charge on any atom is -0.473 e. The molecule has 0 bridgehead atoms. The maximum absolute atomic E-state index is 12.7. The Kier molecular flexibility index (Phi) is 9.64. The van der Waals surface area contributed by atoms with Gasteiger partial charge in [-0.05, 0) is 25.0 Å². The molecular weight excluding hydrogens is 482 g/mol. The maximum atomic E-state index is 12.7. The average Bonchev–Trinajstić information content (AvgIpc) is 2.57.